The zero-order valence-electron chi connectivity index (χ0n) is 28.8. The van der Waals surface area contributed by atoms with Gasteiger partial charge in [-0.3, -0.25) is 0 Å². The molecule has 1 heterocycles. The van der Waals surface area contributed by atoms with Gasteiger partial charge in [0, 0.05) is 27.7 Å². The maximum absolute atomic E-state index is 8.60. The quantitative estimate of drug-likeness (QED) is 0.211. The van der Waals surface area contributed by atoms with E-state index in [1.807, 2.05) is 60.7 Å². The molecule has 0 bridgehead atoms. The fourth-order valence-electron chi connectivity index (χ4n) is 5.97. The number of para-hydroxylation sites is 2. The van der Waals surface area contributed by atoms with E-state index in [9.17, 15) is 0 Å². The molecule has 8 aromatic rings. The molecule has 8 rings (SSSR count). The van der Waals surface area contributed by atoms with Crippen LogP contribution in [0, 0.1) is 0 Å². The lowest BCUT2D eigenvalue weighted by Gasteiger charge is -2.15. The van der Waals surface area contributed by atoms with Gasteiger partial charge in [0.1, 0.15) is 0 Å². The molecule has 7 aromatic carbocycles. The lowest BCUT2D eigenvalue weighted by Crippen LogP contribution is -1.97. The Morgan fingerprint density at radius 2 is 1.02 bits per heavy atom. The summed E-state index contributed by atoms with van der Waals surface area (Å²) in [6.07, 6.45) is 0. The van der Waals surface area contributed by atoms with Crippen LogP contribution in [-0.4, -0.2) is 4.57 Å². The standard InChI is InChI=1S/C42H30N2/c1-3-11-30(12-4-1)32-19-24-35(25-20-32)43-36-26-21-33(22-27-36)37-15-7-9-17-40(37)44-41-18-10-8-16-38(41)39-28-23-34(29-42(39)44)31-13-5-2-6-14-31/h1-29,43H/i2D,5D,6D,13D,14D. The highest BCUT2D eigenvalue weighted by molar-refractivity contribution is 6.10. The summed E-state index contributed by atoms with van der Waals surface area (Å²) in [6, 6.07) is 47.9. The van der Waals surface area contributed by atoms with Crippen molar-refractivity contribution in [2.75, 3.05) is 5.32 Å². The van der Waals surface area contributed by atoms with Gasteiger partial charge < -0.3 is 9.88 Å². The van der Waals surface area contributed by atoms with Gasteiger partial charge >= 0.3 is 0 Å². The van der Waals surface area contributed by atoms with Crippen LogP contribution >= 0.6 is 0 Å². The van der Waals surface area contributed by atoms with Crippen LogP contribution in [0.3, 0.4) is 0 Å². The predicted molar refractivity (Wildman–Crippen MR) is 187 cm³/mol. The lowest BCUT2D eigenvalue weighted by atomic mass is 10.0. The minimum Gasteiger partial charge on any atom is -0.356 e. The summed E-state index contributed by atoms with van der Waals surface area (Å²) in [5.74, 6) is 0. The Hall–Kier alpha value is -5.86. The highest BCUT2D eigenvalue weighted by Crippen LogP contribution is 2.38. The number of nitrogens with one attached hydrogen (secondary N) is 1. The molecule has 2 nitrogen and oxygen atoms in total. The van der Waals surface area contributed by atoms with Crippen molar-refractivity contribution in [2.45, 2.75) is 0 Å². The average Bonchev–Trinajstić information content (AvgIpc) is 3.48. The highest BCUT2D eigenvalue weighted by Gasteiger charge is 2.16. The third-order valence-corrected chi connectivity index (χ3v) is 8.08. The first-order valence-electron chi connectivity index (χ1n) is 17.1. The third-order valence-electron chi connectivity index (χ3n) is 8.08. The predicted octanol–water partition coefficient (Wildman–Crippen LogP) is 11.5. The Bertz CT molecular complexity index is 2480. The maximum atomic E-state index is 8.60. The number of hydrogen-bond donors (Lipinski definition) is 1. The van der Waals surface area contributed by atoms with E-state index < -0.39 is 6.04 Å². The molecular weight excluding hydrogens is 532 g/mol. The SMILES string of the molecule is [2H]c1c([2H])c([2H])c(-c2ccc3c4ccccc4n(-c4ccccc4-c4ccc(Nc5ccc(-c6ccccc6)cc5)cc4)c3c2)c([2H])c1[2H]. The number of anilines is 2. The van der Waals surface area contributed by atoms with Gasteiger partial charge in [0.05, 0.1) is 23.6 Å². The van der Waals surface area contributed by atoms with E-state index in [4.69, 9.17) is 6.85 Å². The minimum atomic E-state index is -0.398. The molecule has 0 aliphatic heterocycles. The number of fused-ring (bicyclic) bond motifs is 3. The smallest absolute Gasteiger partial charge is 0.0629 e. The molecule has 0 aliphatic carbocycles. The molecule has 1 aromatic heterocycles. The van der Waals surface area contributed by atoms with Crippen molar-refractivity contribution in [3.05, 3.63) is 176 Å². The molecule has 0 aliphatic rings. The fourth-order valence-corrected chi connectivity index (χ4v) is 5.97. The number of hydrogen-bond acceptors (Lipinski definition) is 1. The van der Waals surface area contributed by atoms with E-state index in [0.717, 1.165) is 50.0 Å². The van der Waals surface area contributed by atoms with Gasteiger partial charge in [-0.05, 0) is 70.3 Å². The van der Waals surface area contributed by atoms with Gasteiger partial charge in [0.15, 0.2) is 0 Å². The Labute approximate surface area is 264 Å². The number of benzene rings is 7. The highest BCUT2D eigenvalue weighted by atomic mass is 15.0. The Morgan fingerprint density at radius 1 is 0.432 bits per heavy atom. The first kappa shape index (κ1) is 20.9. The number of rotatable bonds is 6. The fraction of sp³-hybridized carbons (Fsp3) is 0. The molecule has 0 spiro atoms. The summed E-state index contributed by atoms with van der Waals surface area (Å²) in [5.41, 5.74) is 10.1. The molecular formula is C42H30N2. The van der Waals surface area contributed by atoms with Crippen molar-refractivity contribution in [3.8, 4) is 39.1 Å². The van der Waals surface area contributed by atoms with Crippen LogP contribution in [0.5, 0.6) is 0 Å². The zero-order chi connectivity index (χ0) is 33.6. The largest absolute Gasteiger partial charge is 0.356 e. The summed E-state index contributed by atoms with van der Waals surface area (Å²) in [6.45, 7) is 0. The van der Waals surface area contributed by atoms with Crippen LogP contribution in [0.4, 0.5) is 11.4 Å². The van der Waals surface area contributed by atoms with Crippen molar-refractivity contribution in [1.82, 2.24) is 4.57 Å². The van der Waals surface area contributed by atoms with Crippen LogP contribution in [0.1, 0.15) is 6.85 Å². The van der Waals surface area contributed by atoms with Gasteiger partial charge in [-0.15, -0.1) is 0 Å². The molecule has 0 fully saturated rings. The van der Waals surface area contributed by atoms with Crippen LogP contribution < -0.4 is 5.32 Å². The topological polar surface area (TPSA) is 17.0 Å². The van der Waals surface area contributed by atoms with Crippen LogP contribution in [-0.2, 0) is 0 Å². The van der Waals surface area contributed by atoms with Crippen LogP contribution in [0.2, 0.25) is 0 Å². The average molecular weight is 568 g/mol. The van der Waals surface area contributed by atoms with E-state index in [1.165, 1.54) is 11.1 Å². The van der Waals surface area contributed by atoms with E-state index >= 15 is 0 Å². The molecule has 0 unspecified atom stereocenters. The van der Waals surface area contributed by atoms with E-state index in [0.29, 0.717) is 5.56 Å². The maximum Gasteiger partial charge on any atom is 0.0629 e. The molecule has 1 N–H and O–H groups in total. The van der Waals surface area contributed by atoms with Gasteiger partial charge in [0.25, 0.3) is 0 Å². The second-order valence-corrected chi connectivity index (χ2v) is 10.7. The van der Waals surface area contributed by atoms with Crippen molar-refractivity contribution in [1.29, 1.82) is 0 Å². The normalized spacial score (nSPS) is 12.8. The van der Waals surface area contributed by atoms with Crippen molar-refractivity contribution >= 4 is 33.2 Å². The lowest BCUT2D eigenvalue weighted by molar-refractivity contribution is 1.18. The van der Waals surface area contributed by atoms with Gasteiger partial charge in [-0.25, -0.2) is 0 Å². The number of nitrogens with zero attached hydrogens (tertiary/aromatic N) is 1. The monoisotopic (exact) mass is 567 g/mol. The summed E-state index contributed by atoms with van der Waals surface area (Å²) in [4.78, 5) is 0. The van der Waals surface area contributed by atoms with Gasteiger partial charge in [0.2, 0.25) is 0 Å². The Balaban J connectivity index is 1.20. The van der Waals surface area contributed by atoms with Gasteiger partial charge in [-0.2, -0.15) is 0 Å². The molecule has 0 amide bonds. The van der Waals surface area contributed by atoms with E-state index in [2.05, 4.69) is 94.8 Å². The first-order chi connectivity index (χ1) is 23.9. The first-order valence-corrected chi connectivity index (χ1v) is 14.6. The van der Waals surface area contributed by atoms with Gasteiger partial charge in [-0.1, -0.05) is 133 Å². The Morgan fingerprint density at radius 3 is 1.80 bits per heavy atom. The van der Waals surface area contributed by atoms with Crippen LogP contribution in [0.15, 0.2) is 176 Å². The molecule has 208 valence electrons. The molecule has 2 heteroatoms. The molecule has 0 atom stereocenters. The molecule has 44 heavy (non-hydrogen) atoms. The summed E-state index contributed by atoms with van der Waals surface area (Å²) >= 11 is 0. The molecule has 0 saturated heterocycles. The second-order valence-electron chi connectivity index (χ2n) is 10.7. The second kappa shape index (κ2) is 11.1. The summed E-state index contributed by atoms with van der Waals surface area (Å²) in [5, 5.41) is 5.60. The van der Waals surface area contributed by atoms with E-state index in [-0.39, 0.29) is 29.7 Å². The van der Waals surface area contributed by atoms with Crippen molar-refractivity contribution in [3.63, 3.8) is 0 Å². The molecule has 0 saturated carbocycles. The van der Waals surface area contributed by atoms with Crippen LogP contribution in [0.25, 0.3) is 60.9 Å². The van der Waals surface area contributed by atoms with E-state index in [1.54, 1.807) is 0 Å². The minimum absolute atomic E-state index is 0.191. The molecule has 0 radical (unpaired) electrons. The summed E-state index contributed by atoms with van der Waals surface area (Å²) < 4.78 is 43.9. The summed E-state index contributed by atoms with van der Waals surface area (Å²) in [7, 11) is 0. The number of aromatic nitrogens is 1. The van der Waals surface area contributed by atoms with Crippen molar-refractivity contribution in [2.24, 2.45) is 0 Å². The third kappa shape index (κ3) is 4.73. The van der Waals surface area contributed by atoms with Crippen molar-refractivity contribution < 1.29 is 6.85 Å². The zero-order valence-corrected chi connectivity index (χ0v) is 23.8. The Kier molecular flexibility index (Phi) is 5.27.